The smallest absolute Gasteiger partial charge is 0.224 e. The molecule has 0 aliphatic heterocycles. The summed E-state index contributed by atoms with van der Waals surface area (Å²) in [5, 5.41) is 0. The molecule has 0 radical (unpaired) electrons. The van der Waals surface area contributed by atoms with Crippen LogP contribution in [0.4, 0.5) is 0 Å². The fourth-order valence-electron chi connectivity index (χ4n) is 1.87. The van der Waals surface area contributed by atoms with Gasteiger partial charge in [-0.2, -0.15) is 0 Å². The number of primary amides is 1. The zero-order valence-corrected chi connectivity index (χ0v) is 10.7. The summed E-state index contributed by atoms with van der Waals surface area (Å²) in [5.74, 6) is -0.855. The molecule has 0 saturated carbocycles. The summed E-state index contributed by atoms with van der Waals surface area (Å²) in [4.78, 5) is 23.5. The van der Waals surface area contributed by atoms with Crippen LogP contribution in [0.1, 0.15) is 34.3 Å². The summed E-state index contributed by atoms with van der Waals surface area (Å²) in [7, 11) is 0. The Labute approximate surface area is 112 Å². The van der Waals surface area contributed by atoms with Crippen LogP contribution in [0, 0.1) is 0 Å². The van der Waals surface area contributed by atoms with Gasteiger partial charge in [0.15, 0.2) is 5.78 Å². The highest BCUT2D eigenvalue weighted by Crippen LogP contribution is 2.18. The molecular weight excluding hydrogens is 238 g/mol. The lowest BCUT2D eigenvalue weighted by Gasteiger charge is -2.09. The maximum atomic E-state index is 12.3. The maximum Gasteiger partial charge on any atom is 0.224 e. The highest BCUT2D eigenvalue weighted by molar-refractivity contribution is 6.09. The lowest BCUT2D eigenvalue weighted by molar-refractivity contribution is -0.119. The van der Waals surface area contributed by atoms with Gasteiger partial charge in [-0.05, 0) is 18.6 Å². The number of carbonyl (C=O) groups excluding carboxylic acids is 2. The van der Waals surface area contributed by atoms with Crippen LogP contribution in [0.15, 0.2) is 54.6 Å². The highest BCUT2D eigenvalue weighted by atomic mass is 16.1. The molecule has 2 N–H and O–H groups in total. The number of rotatable bonds is 4. The van der Waals surface area contributed by atoms with E-state index in [1.807, 2.05) is 18.2 Å². The predicted molar refractivity (Wildman–Crippen MR) is 73.9 cm³/mol. The first-order valence-electron chi connectivity index (χ1n) is 6.08. The predicted octanol–water partition coefficient (Wildman–Crippen LogP) is 2.51. The fraction of sp³-hybridized carbons (Fsp3) is 0.125. The summed E-state index contributed by atoms with van der Waals surface area (Å²) in [6.45, 7) is 1.73. The quantitative estimate of drug-likeness (QED) is 0.851. The Kier molecular flexibility index (Phi) is 3.76. The average Bonchev–Trinajstić information content (AvgIpc) is 2.46. The van der Waals surface area contributed by atoms with Gasteiger partial charge in [-0.1, -0.05) is 48.5 Å². The van der Waals surface area contributed by atoms with Crippen molar-refractivity contribution >= 4 is 11.7 Å². The van der Waals surface area contributed by atoms with Crippen molar-refractivity contribution in [2.24, 2.45) is 5.73 Å². The summed E-state index contributed by atoms with van der Waals surface area (Å²) < 4.78 is 0. The summed E-state index contributed by atoms with van der Waals surface area (Å²) >= 11 is 0. The molecule has 0 fully saturated rings. The second-order valence-corrected chi connectivity index (χ2v) is 4.44. The number of carbonyl (C=O) groups is 2. The Balaban J connectivity index is 2.34. The van der Waals surface area contributed by atoms with Crippen LogP contribution in [0.3, 0.4) is 0 Å². The first kappa shape index (κ1) is 13.0. The molecule has 0 unspecified atom stereocenters. The van der Waals surface area contributed by atoms with Crippen LogP contribution in [-0.2, 0) is 4.79 Å². The minimum absolute atomic E-state index is 0.0564. The van der Waals surface area contributed by atoms with E-state index in [0.717, 1.165) is 5.56 Å². The van der Waals surface area contributed by atoms with Gasteiger partial charge in [-0.25, -0.2) is 0 Å². The lowest BCUT2D eigenvalue weighted by atomic mass is 9.95. The van der Waals surface area contributed by atoms with Crippen molar-refractivity contribution in [3.05, 3.63) is 71.3 Å². The number of benzene rings is 2. The van der Waals surface area contributed by atoms with Crippen LogP contribution >= 0.6 is 0 Å². The van der Waals surface area contributed by atoms with Gasteiger partial charge in [0.25, 0.3) is 0 Å². The molecule has 0 saturated heterocycles. The van der Waals surface area contributed by atoms with Gasteiger partial charge in [-0.3, -0.25) is 9.59 Å². The van der Waals surface area contributed by atoms with E-state index in [2.05, 4.69) is 0 Å². The Morgan fingerprint density at radius 2 is 1.58 bits per heavy atom. The van der Waals surface area contributed by atoms with Gasteiger partial charge >= 0.3 is 0 Å². The molecule has 19 heavy (non-hydrogen) atoms. The Morgan fingerprint density at radius 3 is 2.21 bits per heavy atom. The number of nitrogens with two attached hydrogens (primary N) is 1. The van der Waals surface area contributed by atoms with Crippen molar-refractivity contribution in [1.29, 1.82) is 0 Å². The Hall–Kier alpha value is -2.42. The molecule has 1 amide bonds. The van der Waals surface area contributed by atoms with Crippen molar-refractivity contribution in [2.75, 3.05) is 0 Å². The molecule has 3 heteroatoms. The minimum atomic E-state index is -0.400. The van der Waals surface area contributed by atoms with Gasteiger partial charge in [0, 0.05) is 11.1 Å². The van der Waals surface area contributed by atoms with Crippen LogP contribution in [0.25, 0.3) is 0 Å². The molecule has 3 nitrogen and oxygen atoms in total. The number of hydrogen-bond donors (Lipinski definition) is 1. The molecular formula is C16H15NO2. The second kappa shape index (κ2) is 5.48. The van der Waals surface area contributed by atoms with E-state index in [-0.39, 0.29) is 5.78 Å². The maximum absolute atomic E-state index is 12.3. The van der Waals surface area contributed by atoms with Crippen molar-refractivity contribution in [1.82, 2.24) is 0 Å². The molecule has 0 heterocycles. The van der Waals surface area contributed by atoms with E-state index in [0.29, 0.717) is 11.1 Å². The summed E-state index contributed by atoms with van der Waals surface area (Å²) in [6, 6.07) is 16.1. The van der Waals surface area contributed by atoms with E-state index in [4.69, 9.17) is 5.73 Å². The van der Waals surface area contributed by atoms with Crippen LogP contribution in [-0.4, -0.2) is 11.7 Å². The summed E-state index contributed by atoms with van der Waals surface area (Å²) in [6.07, 6.45) is 0. The number of ketones is 1. The third-order valence-electron chi connectivity index (χ3n) is 3.11. The van der Waals surface area contributed by atoms with Crippen molar-refractivity contribution in [3.8, 4) is 0 Å². The monoisotopic (exact) mass is 253 g/mol. The Morgan fingerprint density at radius 1 is 0.947 bits per heavy atom. The van der Waals surface area contributed by atoms with Gasteiger partial charge in [-0.15, -0.1) is 0 Å². The average molecular weight is 253 g/mol. The molecule has 0 aromatic heterocycles. The van der Waals surface area contributed by atoms with E-state index in [1.54, 1.807) is 43.3 Å². The largest absolute Gasteiger partial charge is 0.369 e. The van der Waals surface area contributed by atoms with Crippen LogP contribution < -0.4 is 5.73 Å². The molecule has 96 valence electrons. The van der Waals surface area contributed by atoms with Crippen LogP contribution in [0.2, 0.25) is 0 Å². The molecule has 2 aromatic rings. The van der Waals surface area contributed by atoms with Crippen LogP contribution in [0.5, 0.6) is 0 Å². The zero-order chi connectivity index (χ0) is 13.8. The van der Waals surface area contributed by atoms with Crippen molar-refractivity contribution in [3.63, 3.8) is 0 Å². The first-order chi connectivity index (χ1) is 9.09. The number of amides is 1. The molecule has 2 aromatic carbocycles. The molecule has 0 aliphatic rings. The third kappa shape index (κ3) is 2.88. The minimum Gasteiger partial charge on any atom is -0.369 e. The van der Waals surface area contributed by atoms with E-state index in [1.165, 1.54) is 0 Å². The molecule has 0 bridgehead atoms. The van der Waals surface area contributed by atoms with E-state index < -0.39 is 11.8 Å². The molecule has 0 aliphatic carbocycles. The SMILES string of the molecule is C[C@H](C(N)=O)c1cccc(C(=O)c2ccccc2)c1. The van der Waals surface area contributed by atoms with Gasteiger partial charge in [0.2, 0.25) is 5.91 Å². The van der Waals surface area contributed by atoms with Gasteiger partial charge < -0.3 is 5.73 Å². The van der Waals surface area contributed by atoms with Gasteiger partial charge in [0.1, 0.15) is 0 Å². The third-order valence-corrected chi connectivity index (χ3v) is 3.11. The van der Waals surface area contributed by atoms with E-state index in [9.17, 15) is 9.59 Å². The molecule has 0 spiro atoms. The zero-order valence-electron chi connectivity index (χ0n) is 10.7. The van der Waals surface area contributed by atoms with Crippen molar-refractivity contribution in [2.45, 2.75) is 12.8 Å². The topological polar surface area (TPSA) is 60.2 Å². The van der Waals surface area contributed by atoms with Crippen molar-refractivity contribution < 1.29 is 9.59 Å². The first-order valence-corrected chi connectivity index (χ1v) is 6.08. The lowest BCUT2D eigenvalue weighted by Crippen LogP contribution is -2.19. The molecule has 2 rings (SSSR count). The normalized spacial score (nSPS) is 11.8. The molecule has 1 atom stereocenters. The Bertz CT molecular complexity index is 605. The van der Waals surface area contributed by atoms with Gasteiger partial charge in [0.05, 0.1) is 5.92 Å². The number of hydrogen-bond acceptors (Lipinski definition) is 2. The standard InChI is InChI=1S/C16H15NO2/c1-11(16(17)19)13-8-5-9-14(10-13)15(18)12-6-3-2-4-7-12/h2-11H,1H3,(H2,17,19)/t11-/m0/s1. The van der Waals surface area contributed by atoms with E-state index >= 15 is 0 Å². The second-order valence-electron chi connectivity index (χ2n) is 4.44. The fourth-order valence-corrected chi connectivity index (χ4v) is 1.87. The highest BCUT2D eigenvalue weighted by Gasteiger charge is 2.14. The summed E-state index contributed by atoms with van der Waals surface area (Å²) in [5.41, 5.74) is 7.24.